The number of rotatable bonds is 3. The lowest BCUT2D eigenvalue weighted by atomic mass is 9.98. The first-order valence-corrected chi connectivity index (χ1v) is 7.76. The van der Waals surface area contributed by atoms with Gasteiger partial charge in [-0.1, -0.05) is 13.8 Å². The summed E-state index contributed by atoms with van der Waals surface area (Å²) in [7, 11) is 0. The monoisotopic (exact) mass is 282 g/mol. The van der Waals surface area contributed by atoms with Crippen molar-refractivity contribution in [2.45, 2.75) is 52.0 Å². The van der Waals surface area contributed by atoms with Gasteiger partial charge in [0.2, 0.25) is 0 Å². The summed E-state index contributed by atoms with van der Waals surface area (Å²) in [4.78, 5) is 27.3. The first kappa shape index (κ1) is 15.1. The van der Waals surface area contributed by atoms with Crippen LogP contribution in [0.4, 0.5) is 4.79 Å². The van der Waals surface area contributed by atoms with Gasteiger partial charge in [0.15, 0.2) is 0 Å². The van der Waals surface area contributed by atoms with Gasteiger partial charge in [0.05, 0.1) is 0 Å². The molecule has 0 spiro atoms. The lowest BCUT2D eigenvalue weighted by Crippen LogP contribution is -2.50. The number of carbonyl (C=O) groups excluding carboxylic acids is 1. The highest BCUT2D eigenvalue weighted by atomic mass is 16.4. The molecule has 0 bridgehead atoms. The van der Waals surface area contributed by atoms with Gasteiger partial charge >= 0.3 is 12.0 Å². The fourth-order valence-corrected chi connectivity index (χ4v) is 3.31. The van der Waals surface area contributed by atoms with Gasteiger partial charge in [-0.15, -0.1) is 0 Å². The Bertz CT molecular complexity index is 362. The first-order valence-electron chi connectivity index (χ1n) is 7.76. The van der Waals surface area contributed by atoms with Crippen molar-refractivity contribution in [3.63, 3.8) is 0 Å². The molecule has 2 saturated heterocycles. The van der Waals surface area contributed by atoms with Crippen LogP contribution in [0.2, 0.25) is 0 Å². The summed E-state index contributed by atoms with van der Waals surface area (Å²) < 4.78 is 0. The van der Waals surface area contributed by atoms with Crippen LogP contribution < -0.4 is 0 Å². The normalized spacial score (nSPS) is 30.6. The molecule has 2 heterocycles. The number of hydrogen-bond donors (Lipinski definition) is 1. The van der Waals surface area contributed by atoms with E-state index in [1.54, 1.807) is 0 Å². The first-order chi connectivity index (χ1) is 9.49. The molecule has 0 aromatic heterocycles. The fourth-order valence-electron chi connectivity index (χ4n) is 3.31. The van der Waals surface area contributed by atoms with E-state index in [0.717, 1.165) is 38.9 Å². The average molecular weight is 282 g/mol. The van der Waals surface area contributed by atoms with Crippen LogP contribution in [0.5, 0.6) is 0 Å². The molecule has 0 aliphatic carbocycles. The summed E-state index contributed by atoms with van der Waals surface area (Å²) in [5.41, 5.74) is 0. The lowest BCUT2D eigenvalue weighted by Gasteiger charge is -2.38. The second-order valence-electron chi connectivity index (χ2n) is 6.42. The Morgan fingerprint density at radius 2 is 1.80 bits per heavy atom. The Hall–Kier alpha value is -1.26. The third-order valence-electron chi connectivity index (χ3n) is 4.82. The number of amides is 2. The molecule has 0 aromatic rings. The summed E-state index contributed by atoms with van der Waals surface area (Å²) in [6.07, 6.45) is 3.81. The Kier molecular flexibility index (Phi) is 4.89. The van der Waals surface area contributed by atoms with Gasteiger partial charge in [0, 0.05) is 32.1 Å². The van der Waals surface area contributed by atoms with E-state index in [1.807, 2.05) is 9.80 Å². The Labute approximate surface area is 120 Å². The van der Waals surface area contributed by atoms with Crippen LogP contribution >= 0.6 is 0 Å². The maximum absolute atomic E-state index is 12.7. The number of nitrogens with zero attached hydrogens (tertiary/aromatic N) is 2. The molecular weight excluding hydrogens is 256 g/mol. The lowest BCUT2D eigenvalue weighted by molar-refractivity contribution is -0.137. The number of aliphatic carboxylic acids is 1. The molecule has 3 unspecified atom stereocenters. The molecule has 2 aliphatic rings. The molecule has 0 saturated carbocycles. The molecule has 2 aliphatic heterocycles. The van der Waals surface area contributed by atoms with E-state index in [9.17, 15) is 9.59 Å². The standard InChI is InChI=1S/C15H26N2O3/c1-11-9-16(10-12(11)2)15(20)17-8-4-3-5-13(17)6-7-14(18)19/h11-13H,3-10H2,1-2H3,(H,18,19). The highest BCUT2D eigenvalue weighted by molar-refractivity contribution is 5.75. The highest BCUT2D eigenvalue weighted by Crippen LogP contribution is 2.27. The third-order valence-corrected chi connectivity index (χ3v) is 4.82. The van der Waals surface area contributed by atoms with Gasteiger partial charge in [-0.3, -0.25) is 4.79 Å². The van der Waals surface area contributed by atoms with E-state index < -0.39 is 5.97 Å². The number of carboxylic acid groups (broad SMARTS) is 1. The molecule has 114 valence electrons. The van der Waals surface area contributed by atoms with E-state index in [2.05, 4.69) is 13.8 Å². The molecule has 1 N–H and O–H groups in total. The molecule has 5 heteroatoms. The largest absolute Gasteiger partial charge is 0.481 e. The molecule has 2 fully saturated rings. The zero-order valence-electron chi connectivity index (χ0n) is 12.5. The van der Waals surface area contributed by atoms with Crippen molar-refractivity contribution in [2.24, 2.45) is 11.8 Å². The average Bonchev–Trinajstić information content (AvgIpc) is 2.76. The minimum Gasteiger partial charge on any atom is -0.481 e. The summed E-state index contributed by atoms with van der Waals surface area (Å²) in [5, 5.41) is 8.84. The van der Waals surface area contributed by atoms with Gasteiger partial charge < -0.3 is 14.9 Å². The van der Waals surface area contributed by atoms with Crippen molar-refractivity contribution >= 4 is 12.0 Å². The van der Waals surface area contributed by atoms with Crippen molar-refractivity contribution in [3.05, 3.63) is 0 Å². The Balaban J connectivity index is 1.96. The number of urea groups is 1. The zero-order chi connectivity index (χ0) is 14.7. The SMILES string of the molecule is CC1CN(C(=O)N2CCCCC2CCC(=O)O)CC1C. The molecule has 5 nitrogen and oxygen atoms in total. The second-order valence-corrected chi connectivity index (χ2v) is 6.42. The number of hydrogen-bond acceptors (Lipinski definition) is 2. The summed E-state index contributed by atoms with van der Waals surface area (Å²) in [5.74, 6) is 0.341. The molecule has 2 rings (SSSR count). The maximum Gasteiger partial charge on any atom is 0.320 e. The van der Waals surface area contributed by atoms with E-state index >= 15 is 0 Å². The second kappa shape index (κ2) is 6.46. The van der Waals surface area contributed by atoms with Gasteiger partial charge in [-0.2, -0.15) is 0 Å². The van der Waals surface area contributed by atoms with Gasteiger partial charge in [-0.25, -0.2) is 4.79 Å². The molecule has 3 atom stereocenters. The Morgan fingerprint density at radius 3 is 2.40 bits per heavy atom. The predicted octanol–water partition coefficient (Wildman–Crippen LogP) is 2.41. The Morgan fingerprint density at radius 1 is 1.15 bits per heavy atom. The molecule has 0 radical (unpaired) electrons. The van der Waals surface area contributed by atoms with Crippen LogP contribution in [0.15, 0.2) is 0 Å². The minimum absolute atomic E-state index is 0.110. The molecule has 0 aromatic carbocycles. The number of likely N-dealkylation sites (tertiary alicyclic amines) is 2. The van der Waals surface area contributed by atoms with Crippen molar-refractivity contribution in [3.8, 4) is 0 Å². The van der Waals surface area contributed by atoms with Gasteiger partial charge in [0.1, 0.15) is 0 Å². The van der Waals surface area contributed by atoms with E-state index in [1.165, 1.54) is 0 Å². The predicted molar refractivity (Wildman–Crippen MR) is 76.5 cm³/mol. The van der Waals surface area contributed by atoms with Crippen LogP contribution in [0.25, 0.3) is 0 Å². The van der Waals surface area contributed by atoms with E-state index in [4.69, 9.17) is 5.11 Å². The zero-order valence-corrected chi connectivity index (χ0v) is 12.5. The number of carbonyl (C=O) groups is 2. The smallest absolute Gasteiger partial charge is 0.320 e. The number of carboxylic acids is 1. The molecule has 2 amide bonds. The fraction of sp³-hybridized carbons (Fsp3) is 0.867. The minimum atomic E-state index is -0.772. The van der Waals surface area contributed by atoms with Crippen LogP contribution in [-0.4, -0.2) is 52.6 Å². The third kappa shape index (κ3) is 3.44. The van der Waals surface area contributed by atoms with E-state index in [0.29, 0.717) is 18.3 Å². The quantitative estimate of drug-likeness (QED) is 0.864. The topological polar surface area (TPSA) is 60.9 Å². The summed E-state index contributed by atoms with van der Waals surface area (Å²) >= 11 is 0. The van der Waals surface area contributed by atoms with Crippen LogP contribution in [0.3, 0.4) is 0 Å². The van der Waals surface area contributed by atoms with Crippen molar-refractivity contribution in [1.29, 1.82) is 0 Å². The summed E-state index contributed by atoms with van der Waals surface area (Å²) in [6.45, 7) is 6.83. The highest BCUT2D eigenvalue weighted by Gasteiger charge is 2.35. The van der Waals surface area contributed by atoms with Crippen LogP contribution in [0, 0.1) is 11.8 Å². The maximum atomic E-state index is 12.7. The molecular formula is C15H26N2O3. The number of piperidine rings is 1. The van der Waals surface area contributed by atoms with Crippen molar-refractivity contribution in [2.75, 3.05) is 19.6 Å². The van der Waals surface area contributed by atoms with Crippen LogP contribution in [-0.2, 0) is 4.79 Å². The van der Waals surface area contributed by atoms with Crippen LogP contribution in [0.1, 0.15) is 46.0 Å². The summed E-state index contributed by atoms with van der Waals surface area (Å²) in [6, 6.07) is 0.231. The molecule has 20 heavy (non-hydrogen) atoms. The van der Waals surface area contributed by atoms with E-state index in [-0.39, 0.29) is 18.5 Å². The van der Waals surface area contributed by atoms with Crippen molar-refractivity contribution < 1.29 is 14.7 Å². The van der Waals surface area contributed by atoms with Gasteiger partial charge in [0.25, 0.3) is 0 Å². The van der Waals surface area contributed by atoms with Gasteiger partial charge in [-0.05, 0) is 37.5 Å². The van der Waals surface area contributed by atoms with Crippen molar-refractivity contribution in [1.82, 2.24) is 9.80 Å².